The zero-order valence-corrected chi connectivity index (χ0v) is 23.1. The van der Waals surface area contributed by atoms with Gasteiger partial charge in [-0.3, -0.25) is 4.79 Å². The molecule has 1 aliphatic heterocycles. The third-order valence-corrected chi connectivity index (χ3v) is 8.44. The second-order valence-electron chi connectivity index (χ2n) is 11.1. The SMILES string of the molecule is Cc1nc(-c2cccc(C(=O)NC3CCC(CCN4CCc5ccc(-c6cncnc6)cc5CC4)CC3)c2)no1. The summed E-state index contributed by atoms with van der Waals surface area (Å²) >= 11 is 0. The monoisotopic (exact) mass is 536 g/mol. The molecule has 0 spiro atoms. The van der Waals surface area contributed by atoms with Crippen molar-refractivity contribution in [3.8, 4) is 22.5 Å². The van der Waals surface area contributed by atoms with Crippen molar-refractivity contribution in [3.63, 3.8) is 0 Å². The van der Waals surface area contributed by atoms with Crippen molar-refractivity contribution in [1.29, 1.82) is 0 Å². The molecule has 0 radical (unpaired) electrons. The molecule has 0 unspecified atom stereocenters. The number of benzene rings is 2. The number of carbonyl (C=O) groups is 1. The first kappa shape index (κ1) is 26.3. The van der Waals surface area contributed by atoms with Gasteiger partial charge < -0.3 is 14.7 Å². The number of nitrogens with zero attached hydrogens (tertiary/aromatic N) is 5. The molecule has 1 amide bonds. The lowest BCUT2D eigenvalue weighted by molar-refractivity contribution is 0.0920. The van der Waals surface area contributed by atoms with Gasteiger partial charge in [-0.15, -0.1) is 0 Å². The lowest BCUT2D eigenvalue weighted by atomic mass is 9.84. The molecule has 0 bridgehead atoms. The second kappa shape index (κ2) is 12.1. The van der Waals surface area contributed by atoms with E-state index in [1.807, 2.05) is 36.7 Å². The number of aryl methyl sites for hydroxylation is 1. The van der Waals surface area contributed by atoms with Gasteiger partial charge in [-0.1, -0.05) is 35.5 Å². The van der Waals surface area contributed by atoms with Crippen LogP contribution in [0.2, 0.25) is 0 Å². The van der Waals surface area contributed by atoms with Crippen molar-refractivity contribution in [2.24, 2.45) is 5.92 Å². The smallest absolute Gasteiger partial charge is 0.251 e. The molecule has 6 rings (SSSR count). The summed E-state index contributed by atoms with van der Waals surface area (Å²) < 4.78 is 5.08. The Morgan fingerprint density at radius 2 is 1.75 bits per heavy atom. The van der Waals surface area contributed by atoms with Crippen LogP contribution in [0.5, 0.6) is 0 Å². The predicted molar refractivity (Wildman–Crippen MR) is 154 cm³/mol. The van der Waals surface area contributed by atoms with E-state index in [1.54, 1.807) is 13.3 Å². The van der Waals surface area contributed by atoms with Gasteiger partial charge >= 0.3 is 0 Å². The van der Waals surface area contributed by atoms with E-state index in [0.717, 1.165) is 62.4 Å². The summed E-state index contributed by atoms with van der Waals surface area (Å²) in [5, 5.41) is 7.23. The Kier molecular flexibility index (Phi) is 7.95. The van der Waals surface area contributed by atoms with Crippen molar-refractivity contribution < 1.29 is 9.32 Å². The highest BCUT2D eigenvalue weighted by Gasteiger charge is 2.24. The number of carbonyl (C=O) groups excluding carboxylic acids is 1. The lowest BCUT2D eigenvalue weighted by Crippen LogP contribution is -2.38. The Morgan fingerprint density at radius 1 is 0.950 bits per heavy atom. The van der Waals surface area contributed by atoms with Crippen LogP contribution in [-0.2, 0) is 12.8 Å². The zero-order valence-electron chi connectivity index (χ0n) is 23.1. The van der Waals surface area contributed by atoms with E-state index in [1.165, 1.54) is 36.0 Å². The Bertz CT molecular complexity index is 1440. The molecule has 2 aliphatic rings. The number of aromatic nitrogens is 4. The van der Waals surface area contributed by atoms with Crippen LogP contribution in [0, 0.1) is 12.8 Å². The van der Waals surface area contributed by atoms with Crippen LogP contribution in [0.25, 0.3) is 22.5 Å². The maximum atomic E-state index is 13.0. The van der Waals surface area contributed by atoms with E-state index in [4.69, 9.17) is 4.52 Å². The molecule has 8 nitrogen and oxygen atoms in total. The third-order valence-electron chi connectivity index (χ3n) is 8.44. The molecule has 40 heavy (non-hydrogen) atoms. The highest BCUT2D eigenvalue weighted by Crippen LogP contribution is 2.29. The van der Waals surface area contributed by atoms with Gasteiger partial charge in [-0.05, 0) is 86.2 Å². The summed E-state index contributed by atoms with van der Waals surface area (Å²) in [6.45, 7) is 5.14. The van der Waals surface area contributed by atoms with Crippen molar-refractivity contribution in [2.45, 2.75) is 57.9 Å². The van der Waals surface area contributed by atoms with Crippen molar-refractivity contribution in [2.75, 3.05) is 19.6 Å². The fourth-order valence-corrected chi connectivity index (χ4v) is 6.07. The van der Waals surface area contributed by atoms with Crippen LogP contribution in [0.3, 0.4) is 0 Å². The molecule has 2 aromatic heterocycles. The predicted octanol–water partition coefficient (Wildman–Crippen LogP) is 5.28. The van der Waals surface area contributed by atoms with Crippen molar-refractivity contribution >= 4 is 5.91 Å². The molecule has 3 heterocycles. The van der Waals surface area contributed by atoms with Crippen LogP contribution in [0.1, 0.15) is 59.5 Å². The summed E-state index contributed by atoms with van der Waals surface area (Å²) in [6.07, 6.45) is 13.2. The van der Waals surface area contributed by atoms with Crippen LogP contribution in [-0.4, -0.2) is 56.6 Å². The number of rotatable bonds is 7. The first-order chi connectivity index (χ1) is 19.6. The van der Waals surface area contributed by atoms with Gasteiger partial charge in [-0.25, -0.2) is 9.97 Å². The fourth-order valence-electron chi connectivity index (χ4n) is 6.07. The minimum atomic E-state index is -0.0300. The minimum Gasteiger partial charge on any atom is -0.349 e. The van der Waals surface area contributed by atoms with Gasteiger partial charge in [0.2, 0.25) is 11.7 Å². The minimum absolute atomic E-state index is 0.0300. The van der Waals surface area contributed by atoms with E-state index >= 15 is 0 Å². The first-order valence-corrected chi connectivity index (χ1v) is 14.4. The van der Waals surface area contributed by atoms with E-state index in [0.29, 0.717) is 17.3 Å². The Labute approximate surface area is 235 Å². The van der Waals surface area contributed by atoms with Crippen molar-refractivity contribution in [3.05, 3.63) is 83.8 Å². The van der Waals surface area contributed by atoms with Crippen molar-refractivity contribution in [1.82, 2.24) is 30.3 Å². The normalized spacial score (nSPS) is 19.5. The quantitative estimate of drug-likeness (QED) is 0.343. The summed E-state index contributed by atoms with van der Waals surface area (Å²) in [5.74, 6) is 1.72. The zero-order chi connectivity index (χ0) is 27.3. The van der Waals surface area contributed by atoms with E-state index in [2.05, 4.69) is 48.5 Å². The summed E-state index contributed by atoms with van der Waals surface area (Å²) in [6, 6.07) is 14.5. The molecule has 206 valence electrons. The van der Waals surface area contributed by atoms with Crippen LogP contribution >= 0.6 is 0 Å². The molecular formula is C32H36N6O2. The number of hydrogen-bond donors (Lipinski definition) is 1. The summed E-state index contributed by atoms with van der Waals surface area (Å²) in [7, 11) is 0. The first-order valence-electron chi connectivity index (χ1n) is 14.4. The lowest BCUT2D eigenvalue weighted by Gasteiger charge is -2.30. The molecule has 1 aliphatic carbocycles. The Hall–Kier alpha value is -3.91. The molecule has 0 atom stereocenters. The molecule has 4 aromatic rings. The van der Waals surface area contributed by atoms with E-state index < -0.39 is 0 Å². The second-order valence-corrected chi connectivity index (χ2v) is 11.1. The Balaban J connectivity index is 0.955. The molecule has 8 heteroatoms. The average Bonchev–Trinajstić information content (AvgIpc) is 3.33. The topological polar surface area (TPSA) is 97.0 Å². The van der Waals surface area contributed by atoms with Gasteiger partial charge in [0.05, 0.1) is 0 Å². The van der Waals surface area contributed by atoms with Gasteiger partial charge in [0.25, 0.3) is 5.91 Å². The Morgan fingerprint density at radius 3 is 2.52 bits per heavy atom. The van der Waals surface area contributed by atoms with Gasteiger partial charge in [0, 0.05) is 55.1 Å². The van der Waals surface area contributed by atoms with Crippen LogP contribution < -0.4 is 5.32 Å². The van der Waals surface area contributed by atoms with E-state index in [-0.39, 0.29) is 11.9 Å². The van der Waals surface area contributed by atoms with E-state index in [9.17, 15) is 4.79 Å². The number of amides is 1. The average molecular weight is 537 g/mol. The highest BCUT2D eigenvalue weighted by molar-refractivity contribution is 5.95. The standard InChI is InChI=1S/C32H36N6O2/c1-22-35-31(37-40-22)27-3-2-4-28(18-27)32(39)36-30-9-5-23(6-10-30)11-14-38-15-12-24-7-8-25(17-26(24)13-16-38)29-19-33-21-34-20-29/h2-4,7-8,17-21,23,30H,5-6,9-16H2,1H3,(H,36,39). The highest BCUT2D eigenvalue weighted by atomic mass is 16.5. The third kappa shape index (κ3) is 6.28. The summed E-state index contributed by atoms with van der Waals surface area (Å²) in [5.41, 5.74) is 6.62. The molecule has 2 aromatic carbocycles. The maximum absolute atomic E-state index is 13.0. The number of fused-ring (bicyclic) bond motifs is 1. The maximum Gasteiger partial charge on any atom is 0.251 e. The number of hydrogen-bond acceptors (Lipinski definition) is 7. The largest absolute Gasteiger partial charge is 0.349 e. The van der Waals surface area contributed by atoms with Gasteiger partial charge in [0.1, 0.15) is 6.33 Å². The molecule has 1 fully saturated rings. The van der Waals surface area contributed by atoms with Gasteiger partial charge in [0.15, 0.2) is 0 Å². The van der Waals surface area contributed by atoms with Gasteiger partial charge in [-0.2, -0.15) is 4.98 Å². The fraction of sp³-hybridized carbons (Fsp3) is 0.406. The molecular weight excluding hydrogens is 500 g/mol. The molecule has 1 N–H and O–H groups in total. The van der Waals surface area contributed by atoms with Crippen LogP contribution in [0.15, 0.2) is 65.7 Å². The summed E-state index contributed by atoms with van der Waals surface area (Å²) in [4.78, 5) is 28.2. The molecule has 0 saturated heterocycles. The van der Waals surface area contributed by atoms with Crippen LogP contribution in [0.4, 0.5) is 0 Å². The molecule has 1 saturated carbocycles. The number of nitrogens with one attached hydrogen (secondary N) is 1.